The molecular weight excluding hydrogens is 264 g/mol. The molecule has 2 rings (SSSR count). The van der Waals surface area contributed by atoms with Gasteiger partial charge >= 0.3 is 0 Å². The van der Waals surface area contributed by atoms with Gasteiger partial charge in [-0.15, -0.1) is 0 Å². The zero-order valence-corrected chi connectivity index (χ0v) is 9.38. The molecule has 2 aromatic rings. The van der Waals surface area contributed by atoms with Crippen molar-refractivity contribution in [3.8, 4) is 0 Å². The summed E-state index contributed by atoms with van der Waals surface area (Å²) in [5.74, 6) is 0.0744. The van der Waals surface area contributed by atoms with Gasteiger partial charge in [-0.3, -0.25) is 4.79 Å². The van der Waals surface area contributed by atoms with E-state index < -0.39 is 0 Å². The molecule has 0 unspecified atom stereocenters. The Hall–Kier alpha value is -1.07. The lowest BCUT2D eigenvalue weighted by molar-refractivity contribution is 0.102. The number of carbonyl (C=O) groups excluding carboxylic acids is 1. The number of aromatic nitrogens is 2. The topological polar surface area (TPSA) is 42.9 Å². The fourth-order valence-electron chi connectivity index (χ4n) is 0.980. The van der Waals surface area contributed by atoms with Crippen molar-refractivity contribution in [3.63, 3.8) is 0 Å². The molecule has 0 aliphatic carbocycles. The summed E-state index contributed by atoms with van der Waals surface area (Å²) >= 11 is 4.76. The normalized spacial score (nSPS) is 10.1. The number of hydrogen-bond acceptors (Lipinski definition) is 4. The van der Waals surface area contributed by atoms with Crippen molar-refractivity contribution in [1.82, 2.24) is 9.97 Å². The van der Waals surface area contributed by atoms with Crippen LogP contribution in [0.3, 0.4) is 0 Å². The Morgan fingerprint density at radius 3 is 2.57 bits per heavy atom. The minimum absolute atomic E-state index is 0.154. The van der Waals surface area contributed by atoms with E-state index in [9.17, 15) is 4.79 Å². The van der Waals surface area contributed by atoms with Crippen LogP contribution in [0.5, 0.6) is 0 Å². The van der Waals surface area contributed by atoms with Gasteiger partial charge in [0.15, 0.2) is 0 Å². The second kappa shape index (κ2) is 3.98. The van der Waals surface area contributed by atoms with Crippen molar-refractivity contribution < 1.29 is 4.79 Å². The summed E-state index contributed by atoms with van der Waals surface area (Å²) in [6.45, 7) is 0. The molecule has 5 heteroatoms. The molecule has 70 valence electrons. The van der Waals surface area contributed by atoms with Crippen LogP contribution >= 0.6 is 27.3 Å². The SMILES string of the molecule is O=C(c1ncccn1)c1cscc1Br. The van der Waals surface area contributed by atoms with Crippen LogP contribution in [0.4, 0.5) is 0 Å². The van der Waals surface area contributed by atoms with Crippen molar-refractivity contribution in [2.45, 2.75) is 0 Å². The van der Waals surface area contributed by atoms with Gasteiger partial charge < -0.3 is 0 Å². The van der Waals surface area contributed by atoms with Crippen LogP contribution in [-0.2, 0) is 0 Å². The van der Waals surface area contributed by atoms with Gasteiger partial charge in [-0.05, 0) is 22.0 Å². The Kier molecular flexibility index (Phi) is 2.69. The van der Waals surface area contributed by atoms with Gasteiger partial charge in [-0.2, -0.15) is 11.3 Å². The maximum Gasteiger partial charge on any atom is 0.232 e. The molecule has 0 saturated carbocycles. The van der Waals surface area contributed by atoms with E-state index in [1.165, 1.54) is 11.3 Å². The Morgan fingerprint density at radius 2 is 2.00 bits per heavy atom. The largest absolute Gasteiger partial charge is 0.285 e. The molecule has 14 heavy (non-hydrogen) atoms. The third-order valence-electron chi connectivity index (χ3n) is 1.63. The van der Waals surface area contributed by atoms with Gasteiger partial charge in [-0.25, -0.2) is 9.97 Å². The van der Waals surface area contributed by atoms with E-state index in [-0.39, 0.29) is 11.6 Å². The van der Waals surface area contributed by atoms with Crippen molar-refractivity contribution in [2.24, 2.45) is 0 Å². The smallest absolute Gasteiger partial charge is 0.232 e. The van der Waals surface area contributed by atoms with E-state index >= 15 is 0 Å². The summed E-state index contributed by atoms with van der Waals surface area (Å²) < 4.78 is 0.792. The highest BCUT2D eigenvalue weighted by molar-refractivity contribution is 9.10. The molecule has 3 nitrogen and oxygen atoms in total. The highest BCUT2D eigenvalue weighted by Gasteiger charge is 2.15. The molecule has 2 heterocycles. The zero-order chi connectivity index (χ0) is 9.97. The predicted octanol–water partition coefficient (Wildman–Crippen LogP) is 2.53. The molecule has 0 aliphatic rings. The summed E-state index contributed by atoms with van der Waals surface area (Å²) in [5.41, 5.74) is 0.612. The first-order valence-corrected chi connectivity index (χ1v) is 5.56. The highest BCUT2D eigenvalue weighted by atomic mass is 79.9. The Labute approximate surface area is 93.0 Å². The monoisotopic (exact) mass is 268 g/mol. The Morgan fingerprint density at radius 1 is 1.29 bits per heavy atom. The summed E-state index contributed by atoms with van der Waals surface area (Å²) in [4.78, 5) is 19.6. The fourth-order valence-corrected chi connectivity index (χ4v) is 2.43. The van der Waals surface area contributed by atoms with Gasteiger partial charge in [0.25, 0.3) is 0 Å². The van der Waals surface area contributed by atoms with E-state index in [0.29, 0.717) is 5.56 Å². The van der Waals surface area contributed by atoms with Crippen LogP contribution in [0.15, 0.2) is 33.7 Å². The Bertz CT molecular complexity index is 455. The second-order valence-corrected chi connectivity index (χ2v) is 4.13. The van der Waals surface area contributed by atoms with E-state index in [0.717, 1.165) is 4.47 Å². The van der Waals surface area contributed by atoms with Crippen molar-refractivity contribution >= 4 is 33.0 Å². The predicted molar refractivity (Wildman–Crippen MR) is 57.5 cm³/mol. The number of rotatable bonds is 2. The van der Waals surface area contributed by atoms with E-state index in [1.807, 2.05) is 5.38 Å². The fraction of sp³-hybridized carbons (Fsp3) is 0. The minimum Gasteiger partial charge on any atom is -0.285 e. The first-order chi connectivity index (χ1) is 6.79. The molecule has 0 bridgehead atoms. The maximum absolute atomic E-state index is 11.8. The molecule has 2 aromatic heterocycles. The van der Waals surface area contributed by atoms with Gasteiger partial charge in [0.1, 0.15) is 0 Å². The number of hydrogen-bond donors (Lipinski definition) is 0. The summed E-state index contributed by atoms with van der Waals surface area (Å²) in [7, 11) is 0. The quantitative estimate of drug-likeness (QED) is 0.787. The van der Waals surface area contributed by atoms with Crippen LogP contribution in [0, 0.1) is 0 Å². The number of nitrogens with zero attached hydrogens (tertiary/aromatic N) is 2. The van der Waals surface area contributed by atoms with E-state index in [1.54, 1.807) is 23.8 Å². The first-order valence-electron chi connectivity index (χ1n) is 3.82. The van der Waals surface area contributed by atoms with Crippen LogP contribution in [0.2, 0.25) is 0 Å². The van der Waals surface area contributed by atoms with Crippen molar-refractivity contribution in [3.05, 3.63) is 45.1 Å². The molecule has 0 fully saturated rings. The molecule has 0 radical (unpaired) electrons. The lowest BCUT2D eigenvalue weighted by Crippen LogP contribution is -2.05. The van der Waals surface area contributed by atoms with Gasteiger partial charge in [-0.1, -0.05) is 0 Å². The van der Waals surface area contributed by atoms with Crippen LogP contribution in [-0.4, -0.2) is 15.8 Å². The third-order valence-corrected chi connectivity index (χ3v) is 3.33. The summed E-state index contributed by atoms with van der Waals surface area (Å²) in [6, 6.07) is 1.68. The number of halogens is 1. The first kappa shape index (κ1) is 9.48. The van der Waals surface area contributed by atoms with Crippen LogP contribution in [0.25, 0.3) is 0 Å². The van der Waals surface area contributed by atoms with E-state index in [4.69, 9.17) is 0 Å². The average Bonchev–Trinajstić information content (AvgIpc) is 2.65. The summed E-state index contributed by atoms with van der Waals surface area (Å²) in [5, 5.41) is 3.64. The van der Waals surface area contributed by atoms with Gasteiger partial charge in [0.2, 0.25) is 11.6 Å². The second-order valence-electron chi connectivity index (χ2n) is 2.53. The van der Waals surface area contributed by atoms with Gasteiger partial charge in [0.05, 0.1) is 5.56 Å². The molecule has 0 saturated heterocycles. The standard InChI is InChI=1S/C9H5BrN2OS/c10-7-5-14-4-6(7)8(13)9-11-2-1-3-12-9/h1-5H. The minimum atomic E-state index is -0.154. The van der Waals surface area contributed by atoms with Crippen molar-refractivity contribution in [2.75, 3.05) is 0 Å². The number of ketones is 1. The molecule has 0 atom stereocenters. The highest BCUT2D eigenvalue weighted by Crippen LogP contribution is 2.22. The molecule has 0 aliphatic heterocycles. The maximum atomic E-state index is 11.8. The van der Waals surface area contributed by atoms with Crippen LogP contribution in [0.1, 0.15) is 16.2 Å². The number of carbonyl (C=O) groups is 1. The lowest BCUT2D eigenvalue weighted by atomic mass is 10.2. The molecular formula is C9H5BrN2OS. The van der Waals surface area contributed by atoms with Crippen LogP contribution < -0.4 is 0 Å². The lowest BCUT2D eigenvalue weighted by Gasteiger charge is -1.95. The van der Waals surface area contributed by atoms with Crippen molar-refractivity contribution in [1.29, 1.82) is 0 Å². The summed E-state index contributed by atoms with van der Waals surface area (Å²) in [6.07, 6.45) is 3.11. The van der Waals surface area contributed by atoms with E-state index in [2.05, 4.69) is 25.9 Å². The molecule has 0 N–H and O–H groups in total. The zero-order valence-electron chi connectivity index (χ0n) is 6.98. The Balaban J connectivity index is 2.39. The number of thiophene rings is 1. The third kappa shape index (κ3) is 1.73. The van der Waals surface area contributed by atoms with Gasteiger partial charge in [0, 0.05) is 27.6 Å². The molecule has 0 amide bonds. The average molecular weight is 269 g/mol. The molecule has 0 spiro atoms. The molecule has 0 aromatic carbocycles.